The fourth-order valence-corrected chi connectivity index (χ4v) is 5.82. The van der Waals surface area contributed by atoms with Crippen LogP contribution in [0, 0.1) is 29.1 Å². The second-order valence-electron chi connectivity index (χ2n) is 14.5. The summed E-state index contributed by atoms with van der Waals surface area (Å²) in [6, 6.07) is 5.62. The third-order valence-corrected chi connectivity index (χ3v) is 9.09. The second-order valence-corrected chi connectivity index (χ2v) is 14.5. The van der Waals surface area contributed by atoms with Crippen molar-refractivity contribution in [2.45, 2.75) is 105 Å². The Balaban J connectivity index is 1.55. The van der Waals surface area contributed by atoms with Crippen molar-refractivity contribution in [3.8, 4) is 11.5 Å². The van der Waals surface area contributed by atoms with Crippen LogP contribution in [-0.4, -0.2) is 67.0 Å². The van der Waals surface area contributed by atoms with Crippen molar-refractivity contribution in [1.29, 1.82) is 0 Å². The highest BCUT2D eigenvalue weighted by atomic mass is 16.5. The summed E-state index contributed by atoms with van der Waals surface area (Å²) in [6.07, 6.45) is 7.44. The first-order valence-corrected chi connectivity index (χ1v) is 16.8. The van der Waals surface area contributed by atoms with Gasteiger partial charge in [0, 0.05) is 68.8 Å². The maximum Gasteiger partial charge on any atom is 0.223 e. The fourth-order valence-electron chi connectivity index (χ4n) is 5.82. The number of aromatic nitrogens is 3. The summed E-state index contributed by atoms with van der Waals surface area (Å²) < 4.78 is 18.6. The molecular formula is C35H60N6O4. The van der Waals surface area contributed by atoms with Crippen LogP contribution in [0.2, 0.25) is 0 Å². The number of hydrogen-bond donors (Lipinski definition) is 3. The number of methoxy groups -OCH3 is 2. The highest BCUT2D eigenvalue weighted by Crippen LogP contribution is 2.38. The molecule has 0 bridgehead atoms. The zero-order valence-corrected chi connectivity index (χ0v) is 29.1. The summed E-state index contributed by atoms with van der Waals surface area (Å²) in [4.78, 5) is 13.4. The summed E-state index contributed by atoms with van der Waals surface area (Å²) in [6.45, 7) is 15.4. The first kappa shape index (κ1) is 36.8. The second kappa shape index (κ2) is 17.3. The lowest BCUT2D eigenvalue weighted by molar-refractivity contribution is -0.127. The normalized spacial score (nSPS) is 16.4. The summed E-state index contributed by atoms with van der Waals surface area (Å²) in [5, 5.41) is 11.8. The van der Waals surface area contributed by atoms with Crippen LogP contribution in [0.3, 0.4) is 0 Å². The van der Waals surface area contributed by atoms with E-state index in [0.717, 1.165) is 36.5 Å². The van der Waals surface area contributed by atoms with Crippen LogP contribution in [-0.2, 0) is 22.5 Å². The number of nitrogens with two attached hydrogens (primary N) is 2. The molecule has 1 aliphatic rings. The predicted molar refractivity (Wildman–Crippen MR) is 179 cm³/mol. The van der Waals surface area contributed by atoms with Gasteiger partial charge in [0.2, 0.25) is 5.91 Å². The van der Waals surface area contributed by atoms with Gasteiger partial charge in [-0.3, -0.25) is 9.48 Å². The predicted octanol–water partition coefficient (Wildman–Crippen LogP) is 4.94. The van der Waals surface area contributed by atoms with Crippen molar-refractivity contribution in [3.63, 3.8) is 0 Å². The van der Waals surface area contributed by atoms with Crippen molar-refractivity contribution < 1.29 is 19.0 Å². The molecule has 0 spiro atoms. The maximum atomic E-state index is 13.4. The van der Waals surface area contributed by atoms with Crippen LogP contribution >= 0.6 is 0 Å². The van der Waals surface area contributed by atoms with Crippen LogP contribution in [0.4, 0.5) is 0 Å². The van der Waals surface area contributed by atoms with E-state index in [1.54, 1.807) is 14.2 Å². The largest absolute Gasteiger partial charge is 0.493 e. The summed E-state index contributed by atoms with van der Waals surface area (Å²) in [7, 11) is 3.35. The van der Waals surface area contributed by atoms with E-state index in [0.29, 0.717) is 50.5 Å². The quantitative estimate of drug-likeness (QED) is 0.165. The van der Waals surface area contributed by atoms with Crippen molar-refractivity contribution in [1.82, 2.24) is 20.3 Å². The molecule has 1 saturated carbocycles. The van der Waals surface area contributed by atoms with Crippen molar-refractivity contribution in [2.75, 3.05) is 34.0 Å². The van der Waals surface area contributed by atoms with Gasteiger partial charge >= 0.3 is 0 Å². The SMILES string of the molecule is COCCCOc1cc(C[C@@H](C[C@H](N)[C@@H](N)C[C@H](C(=O)NCC(C)(C)Cn2cc(C3CC3)nn2)C(C)C)C(C)C)ccc1OC. The number of ether oxygens (including phenoxy) is 3. The Labute approximate surface area is 271 Å². The lowest BCUT2D eigenvalue weighted by Crippen LogP contribution is -2.48. The molecule has 4 atom stereocenters. The highest BCUT2D eigenvalue weighted by Gasteiger charge is 2.31. The van der Waals surface area contributed by atoms with E-state index < -0.39 is 0 Å². The summed E-state index contributed by atoms with van der Waals surface area (Å²) >= 11 is 0. The number of nitrogens with zero attached hydrogens (tertiary/aromatic N) is 3. The molecule has 0 aliphatic heterocycles. The molecule has 1 amide bonds. The zero-order valence-electron chi connectivity index (χ0n) is 29.1. The standard InChI is InChI=1S/C35H60N6O4/c1-23(2)27(16-25-10-13-32(44-8)33(17-25)45-15-9-14-43-7)18-29(36)30(37)19-28(24(3)4)34(42)38-21-35(5,6)22-41-20-31(39-40-41)26-11-12-26/h10,13,17,20,23-24,26-30H,9,11-12,14-16,18-19,21-22,36-37H2,1-8H3,(H,38,42)/t27-,28-,29-,30-/m0/s1. The molecule has 2 aromatic rings. The van der Waals surface area contributed by atoms with Gasteiger partial charge in [-0.05, 0) is 67.6 Å². The molecule has 1 heterocycles. The van der Waals surface area contributed by atoms with E-state index in [4.69, 9.17) is 25.7 Å². The average molecular weight is 629 g/mol. The summed E-state index contributed by atoms with van der Waals surface area (Å²) in [5.41, 5.74) is 15.6. The van der Waals surface area contributed by atoms with Crippen molar-refractivity contribution in [3.05, 3.63) is 35.7 Å². The topological polar surface area (TPSA) is 140 Å². The minimum atomic E-state index is -0.288. The van der Waals surface area contributed by atoms with Gasteiger partial charge in [0.05, 0.1) is 19.4 Å². The van der Waals surface area contributed by atoms with Gasteiger partial charge in [-0.15, -0.1) is 5.10 Å². The van der Waals surface area contributed by atoms with Gasteiger partial charge in [0.15, 0.2) is 11.5 Å². The molecule has 10 nitrogen and oxygen atoms in total. The molecule has 0 radical (unpaired) electrons. The number of carbonyl (C=O) groups is 1. The number of rotatable bonds is 21. The Bertz CT molecular complexity index is 1180. The minimum absolute atomic E-state index is 0.0367. The van der Waals surface area contributed by atoms with E-state index in [9.17, 15) is 4.79 Å². The Morgan fingerprint density at radius 1 is 1.04 bits per heavy atom. The molecule has 1 fully saturated rings. The Hall–Kier alpha value is -2.69. The van der Waals surface area contributed by atoms with E-state index in [1.807, 2.05) is 10.7 Å². The molecule has 3 rings (SSSR count). The van der Waals surface area contributed by atoms with Crippen LogP contribution in [0.1, 0.15) is 90.8 Å². The first-order valence-electron chi connectivity index (χ1n) is 16.8. The number of hydrogen-bond acceptors (Lipinski definition) is 8. The first-order chi connectivity index (χ1) is 21.3. The van der Waals surface area contributed by atoms with E-state index >= 15 is 0 Å². The van der Waals surface area contributed by atoms with Gasteiger partial charge in [0.25, 0.3) is 0 Å². The summed E-state index contributed by atoms with van der Waals surface area (Å²) in [5.74, 6) is 2.74. The van der Waals surface area contributed by atoms with E-state index in [2.05, 4.69) is 75.5 Å². The highest BCUT2D eigenvalue weighted by molar-refractivity contribution is 5.79. The Morgan fingerprint density at radius 3 is 2.38 bits per heavy atom. The molecule has 0 saturated heterocycles. The monoisotopic (exact) mass is 628 g/mol. The fraction of sp³-hybridized carbons (Fsp3) is 0.743. The molecule has 45 heavy (non-hydrogen) atoms. The molecular weight excluding hydrogens is 568 g/mol. The molecule has 5 N–H and O–H groups in total. The van der Waals surface area contributed by atoms with Gasteiger partial charge < -0.3 is 31.0 Å². The van der Waals surface area contributed by atoms with Crippen molar-refractivity contribution >= 4 is 5.91 Å². The third-order valence-electron chi connectivity index (χ3n) is 9.09. The van der Waals surface area contributed by atoms with Gasteiger partial charge in [-0.2, -0.15) is 0 Å². The van der Waals surface area contributed by atoms with E-state index in [1.165, 1.54) is 18.4 Å². The lowest BCUT2D eigenvalue weighted by atomic mass is 9.80. The molecule has 254 valence electrons. The zero-order chi connectivity index (χ0) is 33.1. The molecule has 10 heteroatoms. The Morgan fingerprint density at radius 2 is 1.76 bits per heavy atom. The minimum Gasteiger partial charge on any atom is -0.493 e. The number of nitrogens with one attached hydrogen (secondary N) is 1. The maximum absolute atomic E-state index is 13.4. The number of benzene rings is 1. The van der Waals surface area contributed by atoms with Gasteiger partial charge in [-0.25, -0.2) is 0 Å². The molecule has 0 unspecified atom stereocenters. The molecule has 1 aromatic carbocycles. The van der Waals surface area contributed by atoms with Crippen molar-refractivity contribution in [2.24, 2.45) is 40.6 Å². The van der Waals surface area contributed by atoms with Crippen LogP contribution in [0.15, 0.2) is 24.4 Å². The average Bonchev–Trinajstić information content (AvgIpc) is 3.74. The Kier molecular flexibility index (Phi) is 14.1. The smallest absolute Gasteiger partial charge is 0.223 e. The van der Waals surface area contributed by atoms with Gasteiger partial charge in [-0.1, -0.05) is 52.8 Å². The van der Waals surface area contributed by atoms with Crippen LogP contribution in [0.5, 0.6) is 11.5 Å². The van der Waals surface area contributed by atoms with Crippen LogP contribution < -0.4 is 26.3 Å². The van der Waals surface area contributed by atoms with E-state index in [-0.39, 0.29) is 35.2 Å². The number of carbonyl (C=O) groups excluding carboxylic acids is 1. The van der Waals surface area contributed by atoms with Crippen LogP contribution in [0.25, 0.3) is 0 Å². The molecule has 1 aliphatic carbocycles. The lowest BCUT2D eigenvalue weighted by Gasteiger charge is -2.31. The molecule has 1 aromatic heterocycles. The number of amides is 1. The van der Waals surface area contributed by atoms with Gasteiger partial charge in [0.1, 0.15) is 0 Å². The third kappa shape index (κ3) is 11.9.